The largest absolute Gasteiger partial charge is 0.412 e. The number of aliphatic imine (C=N–C) groups is 1. The maximum absolute atomic E-state index is 5.25. The summed E-state index contributed by atoms with van der Waals surface area (Å²) in [5.41, 5.74) is 5.25. The summed E-state index contributed by atoms with van der Waals surface area (Å²) in [6.07, 6.45) is 0. The number of rotatable bonds is 0. The third-order valence-electron chi connectivity index (χ3n) is 0.609. The van der Waals surface area contributed by atoms with Crippen molar-refractivity contribution in [3.05, 3.63) is 0 Å². The fourth-order valence-corrected chi connectivity index (χ4v) is 0.926. The van der Waals surface area contributed by atoms with Gasteiger partial charge >= 0.3 is 0 Å². The van der Waals surface area contributed by atoms with Gasteiger partial charge in [0.15, 0.2) is 5.17 Å². The number of hydrogen-bond acceptors (Lipinski definition) is 3. The molecule has 42 valence electrons. The smallest absolute Gasteiger partial charge is 0.153 e. The minimum absolute atomic E-state index is 0. The van der Waals surface area contributed by atoms with Crippen LogP contribution in [0.3, 0.4) is 0 Å². The van der Waals surface area contributed by atoms with Crippen LogP contribution >= 0.6 is 11.8 Å². The molecule has 4 heteroatoms. The second-order valence-electron chi connectivity index (χ2n) is 1.07. The predicted octanol–water partition coefficient (Wildman–Crippen LogP) is -0.777. The molecule has 0 fully saturated rings. The van der Waals surface area contributed by atoms with Gasteiger partial charge in [0, 0.05) is 5.75 Å². The fourth-order valence-electron chi connectivity index (χ4n) is 0.352. The van der Waals surface area contributed by atoms with E-state index >= 15 is 0 Å². The minimum atomic E-state index is 0. The molecule has 3 nitrogen and oxygen atoms in total. The Hall–Kier alpha value is -0.220. The van der Waals surface area contributed by atoms with E-state index in [0.29, 0.717) is 0 Å². The molecule has 0 aromatic rings. The topological polar surface area (TPSA) is 69.9 Å². The number of nitrogens with two attached hydrogens (primary N) is 1. The molecule has 7 heavy (non-hydrogen) atoms. The molecule has 1 rings (SSSR count). The van der Waals surface area contributed by atoms with Gasteiger partial charge in [-0.15, -0.1) is 0 Å². The lowest BCUT2D eigenvalue weighted by atomic mass is 10.8. The second-order valence-corrected chi connectivity index (χ2v) is 2.18. The van der Waals surface area contributed by atoms with Gasteiger partial charge < -0.3 is 11.2 Å². The Kier molecular flexibility index (Phi) is 2.78. The van der Waals surface area contributed by atoms with E-state index in [9.17, 15) is 0 Å². The van der Waals surface area contributed by atoms with Crippen molar-refractivity contribution in [2.24, 2.45) is 10.7 Å². The van der Waals surface area contributed by atoms with E-state index in [1.807, 2.05) is 0 Å². The quantitative estimate of drug-likeness (QED) is 0.455. The summed E-state index contributed by atoms with van der Waals surface area (Å²) in [6.45, 7) is 0.913. The Morgan fingerprint density at radius 3 is 2.57 bits per heavy atom. The van der Waals surface area contributed by atoms with Crippen LogP contribution in [-0.4, -0.2) is 22.9 Å². The molecule has 0 spiro atoms. The average molecular weight is 120 g/mol. The van der Waals surface area contributed by atoms with Gasteiger partial charge in [0.2, 0.25) is 0 Å². The highest BCUT2D eigenvalue weighted by Crippen LogP contribution is 2.05. The van der Waals surface area contributed by atoms with E-state index in [4.69, 9.17) is 5.73 Å². The highest BCUT2D eigenvalue weighted by Gasteiger charge is 1.98. The molecule has 0 saturated carbocycles. The third-order valence-corrected chi connectivity index (χ3v) is 1.42. The lowest BCUT2D eigenvalue weighted by Gasteiger charge is -1.78. The van der Waals surface area contributed by atoms with E-state index in [1.54, 1.807) is 11.8 Å². The molecule has 0 aromatic heterocycles. The molecule has 0 amide bonds. The molecule has 4 N–H and O–H groups in total. The molecule has 0 aromatic carbocycles. The molecule has 1 heterocycles. The summed E-state index contributed by atoms with van der Waals surface area (Å²) in [4.78, 5) is 3.89. The van der Waals surface area contributed by atoms with Gasteiger partial charge in [-0.05, 0) is 0 Å². The predicted molar refractivity (Wildman–Crippen MR) is 32.6 cm³/mol. The molecular formula is C3H8N2OS. The summed E-state index contributed by atoms with van der Waals surface area (Å²) in [7, 11) is 0. The summed E-state index contributed by atoms with van der Waals surface area (Å²) in [5, 5.41) is 0.745. The summed E-state index contributed by atoms with van der Waals surface area (Å²) < 4.78 is 0. The van der Waals surface area contributed by atoms with E-state index in [0.717, 1.165) is 17.5 Å². The monoisotopic (exact) mass is 120 g/mol. The van der Waals surface area contributed by atoms with Crippen LogP contribution in [0, 0.1) is 0 Å². The Bertz CT molecular complexity index is 83.0. The molecule has 0 saturated heterocycles. The van der Waals surface area contributed by atoms with E-state index in [1.165, 1.54) is 0 Å². The molecule has 0 atom stereocenters. The first kappa shape index (κ1) is 6.78. The Balaban J connectivity index is 0.000000360. The standard InChI is InChI=1S/C3H6N2S.H2O/c4-3-5-1-2-6-3;/h1-2H2,(H2,4,5);1H2. The van der Waals surface area contributed by atoms with Crippen molar-refractivity contribution in [2.45, 2.75) is 0 Å². The maximum Gasteiger partial charge on any atom is 0.153 e. The van der Waals surface area contributed by atoms with Crippen LogP contribution in [0.1, 0.15) is 0 Å². The number of hydrogen-bond donors (Lipinski definition) is 1. The first-order valence-electron chi connectivity index (χ1n) is 1.82. The highest BCUT2D eigenvalue weighted by atomic mass is 32.2. The SMILES string of the molecule is NC1=NCCS1.O. The van der Waals surface area contributed by atoms with Crippen molar-refractivity contribution in [1.29, 1.82) is 0 Å². The highest BCUT2D eigenvalue weighted by molar-refractivity contribution is 8.14. The van der Waals surface area contributed by atoms with Crippen LogP contribution in [0.15, 0.2) is 4.99 Å². The first-order chi connectivity index (χ1) is 2.89. The molecule has 0 bridgehead atoms. The van der Waals surface area contributed by atoms with Crippen LogP contribution in [-0.2, 0) is 0 Å². The van der Waals surface area contributed by atoms with Crippen molar-refractivity contribution in [2.75, 3.05) is 12.3 Å². The minimum Gasteiger partial charge on any atom is -0.412 e. The van der Waals surface area contributed by atoms with Crippen molar-refractivity contribution in [1.82, 2.24) is 0 Å². The summed E-state index contributed by atoms with van der Waals surface area (Å²) >= 11 is 1.62. The van der Waals surface area contributed by atoms with E-state index in [2.05, 4.69) is 4.99 Å². The van der Waals surface area contributed by atoms with Crippen LogP contribution in [0.5, 0.6) is 0 Å². The van der Waals surface area contributed by atoms with Crippen molar-refractivity contribution < 1.29 is 5.48 Å². The zero-order chi connectivity index (χ0) is 4.41. The molecule has 0 unspecified atom stereocenters. The summed E-state index contributed by atoms with van der Waals surface area (Å²) in [6, 6.07) is 0. The zero-order valence-corrected chi connectivity index (χ0v) is 4.66. The molecular weight excluding hydrogens is 112 g/mol. The fraction of sp³-hybridized carbons (Fsp3) is 0.667. The van der Waals surface area contributed by atoms with Gasteiger partial charge in [0.05, 0.1) is 6.54 Å². The van der Waals surface area contributed by atoms with Crippen molar-refractivity contribution >= 4 is 16.9 Å². The molecule has 0 radical (unpaired) electrons. The van der Waals surface area contributed by atoms with Crippen LogP contribution in [0.4, 0.5) is 0 Å². The summed E-state index contributed by atoms with van der Waals surface area (Å²) in [5.74, 6) is 1.08. The number of nitrogens with zero attached hydrogens (tertiary/aromatic N) is 1. The first-order valence-corrected chi connectivity index (χ1v) is 2.81. The van der Waals surface area contributed by atoms with Crippen LogP contribution < -0.4 is 5.73 Å². The van der Waals surface area contributed by atoms with Gasteiger partial charge in [0.25, 0.3) is 0 Å². The third kappa shape index (κ3) is 1.80. The second kappa shape index (κ2) is 2.87. The van der Waals surface area contributed by atoms with Gasteiger partial charge in [-0.1, -0.05) is 11.8 Å². The van der Waals surface area contributed by atoms with Crippen LogP contribution in [0.2, 0.25) is 0 Å². The maximum atomic E-state index is 5.25. The van der Waals surface area contributed by atoms with Gasteiger partial charge in [0.1, 0.15) is 0 Å². The lowest BCUT2D eigenvalue weighted by Crippen LogP contribution is -2.00. The van der Waals surface area contributed by atoms with Gasteiger partial charge in [-0.25, -0.2) is 0 Å². The average Bonchev–Trinajstić information content (AvgIpc) is 1.86. The van der Waals surface area contributed by atoms with Crippen LogP contribution in [0.25, 0.3) is 0 Å². The Labute approximate surface area is 46.3 Å². The van der Waals surface area contributed by atoms with E-state index in [-0.39, 0.29) is 5.48 Å². The number of thioether (sulfide) groups is 1. The van der Waals surface area contributed by atoms with Crippen molar-refractivity contribution in [3.63, 3.8) is 0 Å². The molecule has 0 aliphatic carbocycles. The van der Waals surface area contributed by atoms with Gasteiger partial charge in [-0.2, -0.15) is 0 Å². The normalized spacial score (nSPS) is 18.0. The zero-order valence-electron chi connectivity index (χ0n) is 3.85. The number of amidine groups is 1. The Morgan fingerprint density at radius 2 is 2.43 bits per heavy atom. The lowest BCUT2D eigenvalue weighted by molar-refractivity contribution is 0.824. The molecule has 1 aliphatic rings. The Morgan fingerprint density at radius 1 is 1.71 bits per heavy atom. The van der Waals surface area contributed by atoms with Crippen molar-refractivity contribution in [3.8, 4) is 0 Å². The van der Waals surface area contributed by atoms with Gasteiger partial charge in [-0.3, -0.25) is 4.99 Å². The molecule has 1 aliphatic heterocycles. The van der Waals surface area contributed by atoms with E-state index < -0.39 is 0 Å².